The van der Waals surface area contributed by atoms with E-state index in [1.807, 2.05) is 54.6 Å². The molecular weight excluding hydrogens is 268 g/mol. The van der Waals surface area contributed by atoms with Gasteiger partial charge >= 0.3 is 6.03 Å². The number of hydrogen-bond acceptors (Lipinski definition) is 3. The van der Waals surface area contributed by atoms with Gasteiger partial charge in [-0.2, -0.15) is 0 Å². The van der Waals surface area contributed by atoms with Gasteiger partial charge < -0.3 is 20.8 Å². The van der Waals surface area contributed by atoms with E-state index >= 15 is 0 Å². The molecule has 110 valence electrons. The molecule has 2 rings (SSSR count). The topological polar surface area (TPSA) is 81.6 Å². The maximum Gasteiger partial charge on any atom is 0.319 e. The lowest BCUT2D eigenvalue weighted by Crippen LogP contribution is -2.36. The van der Waals surface area contributed by atoms with Gasteiger partial charge in [0.25, 0.3) is 0 Å². The molecule has 0 radical (unpaired) electrons. The Labute approximate surface area is 123 Å². The predicted octanol–water partition coefficient (Wildman–Crippen LogP) is 1.83. The minimum absolute atomic E-state index is 0.00413. The number of nitrogens with one attached hydrogen (secondary N) is 2. The molecule has 5 nitrogen and oxygen atoms in total. The van der Waals surface area contributed by atoms with Gasteiger partial charge in [0, 0.05) is 12.1 Å². The number of para-hydroxylation sites is 1. The van der Waals surface area contributed by atoms with Crippen molar-refractivity contribution in [1.82, 2.24) is 5.32 Å². The third-order valence-electron chi connectivity index (χ3n) is 2.97. The fraction of sp³-hybridized carbons (Fsp3) is 0.188. The Bertz CT molecular complexity index is 587. The van der Waals surface area contributed by atoms with Crippen LogP contribution in [0.15, 0.2) is 54.6 Å². The first-order valence-electron chi connectivity index (χ1n) is 6.69. The monoisotopic (exact) mass is 286 g/mol. The summed E-state index contributed by atoms with van der Waals surface area (Å²) < 4.78 is 0. The van der Waals surface area contributed by atoms with Crippen molar-refractivity contribution < 1.29 is 15.0 Å². The fourth-order valence-electron chi connectivity index (χ4n) is 1.90. The fourth-order valence-corrected chi connectivity index (χ4v) is 1.90. The molecule has 0 fully saturated rings. The largest absolute Gasteiger partial charge is 0.394 e. The maximum absolute atomic E-state index is 11.8. The van der Waals surface area contributed by atoms with Crippen LogP contribution in [0.4, 0.5) is 10.5 Å². The van der Waals surface area contributed by atoms with Crippen molar-refractivity contribution in [2.24, 2.45) is 0 Å². The van der Waals surface area contributed by atoms with E-state index < -0.39 is 12.1 Å². The highest BCUT2D eigenvalue weighted by Gasteiger charge is 2.09. The van der Waals surface area contributed by atoms with E-state index in [0.717, 1.165) is 11.1 Å². The Balaban J connectivity index is 2.09. The zero-order chi connectivity index (χ0) is 15.1. The summed E-state index contributed by atoms with van der Waals surface area (Å²) in [4.78, 5) is 11.8. The SMILES string of the molecule is O=C(NC[C@@H](O)CO)Nc1ccccc1-c1ccccc1. The summed E-state index contributed by atoms with van der Waals surface area (Å²) >= 11 is 0. The van der Waals surface area contributed by atoms with Crippen LogP contribution in [0.2, 0.25) is 0 Å². The number of benzene rings is 2. The maximum atomic E-state index is 11.8. The van der Waals surface area contributed by atoms with Crippen LogP contribution in [0.25, 0.3) is 11.1 Å². The van der Waals surface area contributed by atoms with E-state index in [1.165, 1.54) is 0 Å². The van der Waals surface area contributed by atoms with Crippen LogP contribution in [-0.2, 0) is 0 Å². The third-order valence-corrected chi connectivity index (χ3v) is 2.97. The zero-order valence-corrected chi connectivity index (χ0v) is 11.5. The van der Waals surface area contributed by atoms with Crippen molar-refractivity contribution in [3.8, 4) is 11.1 Å². The number of aliphatic hydroxyl groups excluding tert-OH is 2. The van der Waals surface area contributed by atoms with Crippen LogP contribution >= 0.6 is 0 Å². The van der Waals surface area contributed by atoms with Gasteiger partial charge in [0.2, 0.25) is 0 Å². The zero-order valence-electron chi connectivity index (χ0n) is 11.5. The van der Waals surface area contributed by atoms with Gasteiger partial charge in [0.05, 0.1) is 18.4 Å². The highest BCUT2D eigenvalue weighted by atomic mass is 16.3. The molecule has 4 N–H and O–H groups in total. The van der Waals surface area contributed by atoms with Crippen LogP contribution < -0.4 is 10.6 Å². The van der Waals surface area contributed by atoms with Crippen LogP contribution in [0, 0.1) is 0 Å². The summed E-state index contributed by atoms with van der Waals surface area (Å²) in [7, 11) is 0. The highest BCUT2D eigenvalue weighted by Crippen LogP contribution is 2.27. The highest BCUT2D eigenvalue weighted by molar-refractivity contribution is 5.94. The average molecular weight is 286 g/mol. The van der Waals surface area contributed by atoms with E-state index in [-0.39, 0.29) is 13.2 Å². The van der Waals surface area contributed by atoms with Crippen molar-refractivity contribution in [3.05, 3.63) is 54.6 Å². The molecule has 2 amide bonds. The van der Waals surface area contributed by atoms with E-state index in [2.05, 4.69) is 10.6 Å². The lowest BCUT2D eigenvalue weighted by Gasteiger charge is -2.13. The standard InChI is InChI=1S/C16H18N2O3/c19-11-13(20)10-17-16(21)18-15-9-5-4-8-14(15)12-6-2-1-3-7-12/h1-9,13,19-20H,10-11H2,(H2,17,18,21)/t13-/m1/s1. The quantitative estimate of drug-likeness (QED) is 0.677. The molecule has 2 aromatic rings. The first-order valence-corrected chi connectivity index (χ1v) is 6.69. The molecule has 0 aliphatic heterocycles. The van der Waals surface area contributed by atoms with Crippen molar-refractivity contribution in [1.29, 1.82) is 0 Å². The molecule has 0 heterocycles. The Morgan fingerprint density at radius 2 is 1.71 bits per heavy atom. The molecule has 21 heavy (non-hydrogen) atoms. The van der Waals surface area contributed by atoms with Crippen molar-refractivity contribution in [2.75, 3.05) is 18.5 Å². The molecule has 0 aliphatic rings. The molecule has 0 aromatic heterocycles. The minimum Gasteiger partial charge on any atom is -0.394 e. The number of amides is 2. The first-order chi connectivity index (χ1) is 10.2. The molecule has 0 aliphatic carbocycles. The van der Waals surface area contributed by atoms with Gasteiger partial charge in [-0.15, -0.1) is 0 Å². The number of hydrogen-bond donors (Lipinski definition) is 4. The summed E-state index contributed by atoms with van der Waals surface area (Å²) in [6.45, 7) is -0.392. The second-order valence-electron chi connectivity index (χ2n) is 4.58. The van der Waals surface area contributed by atoms with Crippen LogP contribution in [0.3, 0.4) is 0 Å². The minimum atomic E-state index is -0.958. The number of carbonyl (C=O) groups is 1. The van der Waals surface area contributed by atoms with Crippen molar-refractivity contribution in [3.63, 3.8) is 0 Å². The molecule has 0 spiro atoms. The number of rotatable bonds is 5. The van der Waals surface area contributed by atoms with Crippen LogP contribution in [0.1, 0.15) is 0 Å². The summed E-state index contributed by atoms with van der Waals surface area (Å²) in [5.41, 5.74) is 2.60. The number of carbonyl (C=O) groups excluding carboxylic acids is 1. The van der Waals surface area contributed by atoms with Gasteiger partial charge in [0.15, 0.2) is 0 Å². The Kier molecular flexibility index (Phi) is 5.31. The number of aliphatic hydroxyl groups is 2. The van der Waals surface area contributed by atoms with Gasteiger partial charge in [-0.1, -0.05) is 48.5 Å². The second-order valence-corrected chi connectivity index (χ2v) is 4.58. The van der Waals surface area contributed by atoms with E-state index in [4.69, 9.17) is 5.11 Å². The third kappa shape index (κ3) is 4.30. The average Bonchev–Trinajstić information content (AvgIpc) is 2.54. The van der Waals surface area contributed by atoms with E-state index in [9.17, 15) is 9.90 Å². The van der Waals surface area contributed by atoms with Gasteiger partial charge in [-0.3, -0.25) is 0 Å². The van der Waals surface area contributed by atoms with Gasteiger partial charge in [0.1, 0.15) is 0 Å². The summed E-state index contributed by atoms with van der Waals surface area (Å²) in [6.07, 6.45) is -0.958. The molecule has 0 saturated carbocycles. The van der Waals surface area contributed by atoms with Crippen molar-refractivity contribution in [2.45, 2.75) is 6.10 Å². The summed E-state index contributed by atoms with van der Waals surface area (Å²) in [5.74, 6) is 0. The normalized spacial score (nSPS) is 11.7. The number of anilines is 1. The summed E-state index contributed by atoms with van der Waals surface area (Å²) in [5, 5.41) is 23.2. The van der Waals surface area contributed by atoms with Gasteiger partial charge in [-0.25, -0.2) is 4.79 Å². The van der Waals surface area contributed by atoms with Gasteiger partial charge in [-0.05, 0) is 11.6 Å². The second kappa shape index (κ2) is 7.42. The van der Waals surface area contributed by atoms with E-state index in [1.54, 1.807) is 0 Å². The Morgan fingerprint density at radius 3 is 2.43 bits per heavy atom. The number of urea groups is 1. The Hall–Kier alpha value is -2.37. The van der Waals surface area contributed by atoms with Crippen LogP contribution in [0.5, 0.6) is 0 Å². The molecule has 0 bridgehead atoms. The smallest absolute Gasteiger partial charge is 0.319 e. The molecule has 0 saturated heterocycles. The lowest BCUT2D eigenvalue weighted by molar-refractivity contribution is 0.0965. The van der Waals surface area contributed by atoms with E-state index in [0.29, 0.717) is 5.69 Å². The lowest BCUT2D eigenvalue weighted by atomic mass is 10.0. The predicted molar refractivity (Wildman–Crippen MR) is 82.0 cm³/mol. The molecule has 5 heteroatoms. The summed E-state index contributed by atoms with van der Waals surface area (Å²) in [6, 6.07) is 16.8. The molecular formula is C16H18N2O3. The first kappa shape index (κ1) is 15.0. The van der Waals surface area contributed by atoms with Crippen molar-refractivity contribution >= 4 is 11.7 Å². The molecule has 2 aromatic carbocycles. The molecule has 1 atom stereocenters. The molecule has 0 unspecified atom stereocenters. The Morgan fingerprint density at radius 1 is 1.05 bits per heavy atom. The van der Waals surface area contributed by atoms with Crippen LogP contribution in [-0.4, -0.2) is 35.5 Å².